The molecule has 1 saturated heterocycles. The molecule has 8 heteroatoms. The standard InChI is InChI=1S/C29H30N4O4/c1-18-15-22(9-11-25(18)20-5-7-21(8-6-20)28-30-19(2)37-32-28)29(34)31-23-10-12-26(35-4)27(16-23)36-17-24-13-14-33(24)3/h5-12,15-16,24H,13-14,17H2,1-4H3,(H,31,34). The molecule has 0 spiro atoms. The summed E-state index contributed by atoms with van der Waals surface area (Å²) in [5.41, 5.74) is 5.21. The van der Waals surface area contributed by atoms with Crippen LogP contribution in [-0.4, -0.2) is 54.3 Å². The van der Waals surface area contributed by atoms with Crippen LogP contribution in [0.3, 0.4) is 0 Å². The normalized spacial score (nSPS) is 15.2. The lowest BCUT2D eigenvalue weighted by molar-refractivity contribution is 0.0757. The summed E-state index contributed by atoms with van der Waals surface area (Å²) in [5.74, 6) is 2.17. The summed E-state index contributed by atoms with van der Waals surface area (Å²) in [6, 6.07) is 19.5. The van der Waals surface area contributed by atoms with Crippen LogP contribution in [-0.2, 0) is 0 Å². The van der Waals surface area contributed by atoms with Gasteiger partial charge in [-0.25, -0.2) is 0 Å². The average Bonchev–Trinajstić information content (AvgIpc) is 3.34. The van der Waals surface area contributed by atoms with E-state index < -0.39 is 0 Å². The number of hydrogen-bond donors (Lipinski definition) is 1. The number of carbonyl (C=O) groups excluding carboxylic acids is 1. The van der Waals surface area contributed by atoms with Crippen molar-refractivity contribution in [2.24, 2.45) is 0 Å². The summed E-state index contributed by atoms with van der Waals surface area (Å²) >= 11 is 0. The van der Waals surface area contributed by atoms with Gasteiger partial charge in [-0.05, 0) is 67.9 Å². The molecule has 1 aliphatic rings. The van der Waals surface area contributed by atoms with E-state index >= 15 is 0 Å². The van der Waals surface area contributed by atoms with E-state index in [4.69, 9.17) is 14.0 Å². The predicted octanol–water partition coefficient (Wildman–Crippen LogP) is 5.36. The fraction of sp³-hybridized carbons (Fsp3) is 0.276. The summed E-state index contributed by atoms with van der Waals surface area (Å²) in [6.07, 6.45) is 1.12. The van der Waals surface area contributed by atoms with Gasteiger partial charge in [0.25, 0.3) is 5.91 Å². The predicted molar refractivity (Wildman–Crippen MR) is 142 cm³/mol. The molecule has 2 heterocycles. The smallest absolute Gasteiger partial charge is 0.255 e. The topological polar surface area (TPSA) is 89.7 Å². The summed E-state index contributed by atoms with van der Waals surface area (Å²) in [4.78, 5) is 19.6. The second kappa shape index (κ2) is 10.4. The molecule has 1 aliphatic heterocycles. The number of likely N-dealkylation sites (N-methyl/N-ethyl adjacent to an activating group) is 1. The number of rotatable bonds is 8. The van der Waals surface area contributed by atoms with Gasteiger partial charge in [0, 0.05) is 35.8 Å². The number of anilines is 1. The third kappa shape index (κ3) is 5.34. The minimum absolute atomic E-state index is 0.188. The number of hydrogen-bond acceptors (Lipinski definition) is 7. The van der Waals surface area contributed by atoms with Gasteiger partial charge in [0.1, 0.15) is 6.61 Å². The zero-order chi connectivity index (χ0) is 25.9. The van der Waals surface area contributed by atoms with Crippen LogP contribution in [0.15, 0.2) is 65.2 Å². The Bertz CT molecular complexity index is 1410. The fourth-order valence-corrected chi connectivity index (χ4v) is 4.38. The van der Waals surface area contributed by atoms with Crippen molar-refractivity contribution in [1.82, 2.24) is 15.0 Å². The van der Waals surface area contributed by atoms with Gasteiger partial charge in [-0.2, -0.15) is 4.98 Å². The van der Waals surface area contributed by atoms with Crippen molar-refractivity contribution in [3.63, 3.8) is 0 Å². The van der Waals surface area contributed by atoms with Gasteiger partial charge >= 0.3 is 0 Å². The maximum Gasteiger partial charge on any atom is 0.255 e. The monoisotopic (exact) mass is 498 g/mol. The first-order chi connectivity index (χ1) is 17.9. The van der Waals surface area contributed by atoms with E-state index in [2.05, 4.69) is 27.4 Å². The Balaban J connectivity index is 1.28. The van der Waals surface area contributed by atoms with Crippen molar-refractivity contribution in [1.29, 1.82) is 0 Å². The number of ether oxygens (including phenoxy) is 2. The minimum Gasteiger partial charge on any atom is -0.493 e. The number of nitrogens with zero attached hydrogens (tertiary/aromatic N) is 3. The molecule has 1 atom stereocenters. The van der Waals surface area contributed by atoms with Gasteiger partial charge in [0.15, 0.2) is 11.5 Å². The number of methoxy groups -OCH3 is 1. The quantitative estimate of drug-likeness (QED) is 0.350. The molecule has 190 valence electrons. The van der Waals surface area contributed by atoms with Crippen molar-refractivity contribution in [2.45, 2.75) is 26.3 Å². The number of aromatic nitrogens is 2. The van der Waals surface area contributed by atoms with Crippen molar-refractivity contribution in [3.8, 4) is 34.0 Å². The van der Waals surface area contributed by atoms with E-state index in [0.717, 1.165) is 35.2 Å². The summed E-state index contributed by atoms with van der Waals surface area (Å²) < 4.78 is 16.5. The van der Waals surface area contributed by atoms with Crippen LogP contribution in [0.4, 0.5) is 5.69 Å². The second-order valence-corrected chi connectivity index (χ2v) is 9.30. The Kier molecular flexibility index (Phi) is 6.92. The Morgan fingerprint density at radius 2 is 1.84 bits per heavy atom. The van der Waals surface area contributed by atoms with E-state index in [0.29, 0.717) is 47.1 Å². The van der Waals surface area contributed by atoms with Crippen molar-refractivity contribution < 1.29 is 18.8 Å². The average molecular weight is 499 g/mol. The summed E-state index contributed by atoms with van der Waals surface area (Å²) in [6.45, 7) is 5.44. The van der Waals surface area contributed by atoms with E-state index in [1.165, 1.54) is 0 Å². The highest BCUT2D eigenvalue weighted by molar-refractivity contribution is 6.04. The lowest BCUT2D eigenvalue weighted by Gasteiger charge is -2.37. The van der Waals surface area contributed by atoms with Crippen molar-refractivity contribution >= 4 is 11.6 Å². The summed E-state index contributed by atoms with van der Waals surface area (Å²) in [5, 5.41) is 6.95. The van der Waals surface area contributed by atoms with Crippen LogP contribution in [0, 0.1) is 13.8 Å². The number of aryl methyl sites for hydroxylation is 2. The molecule has 1 amide bonds. The van der Waals surface area contributed by atoms with Gasteiger partial charge in [-0.15, -0.1) is 0 Å². The number of carbonyl (C=O) groups is 1. The first-order valence-electron chi connectivity index (χ1n) is 12.3. The third-order valence-electron chi connectivity index (χ3n) is 6.76. The highest BCUT2D eigenvalue weighted by Gasteiger charge is 2.25. The van der Waals surface area contributed by atoms with Crippen LogP contribution in [0.1, 0.15) is 28.2 Å². The lowest BCUT2D eigenvalue weighted by atomic mass is 9.97. The number of likely N-dealkylation sites (tertiary alicyclic amines) is 1. The largest absolute Gasteiger partial charge is 0.493 e. The van der Waals surface area contributed by atoms with Crippen LogP contribution >= 0.6 is 0 Å². The van der Waals surface area contributed by atoms with Crippen molar-refractivity contribution in [2.75, 3.05) is 32.6 Å². The van der Waals surface area contributed by atoms with E-state index in [-0.39, 0.29) is 5.91 Å². The van der Waals surface area contributed by atoms with Gasteiger partial charge in [-0.3, -0.25) is 9.69 Å². The first kappa shape index (κ1) is 24.5. The lowest BCUT2D eigenvalue weighted by Crippen LogP contribution is -2.48. The Morgan fingerprint density at radius 3 is 2.46 bits per heavy atom. The van der Waals surface area contributed by atoms with E-state index in [9.17, 15) is 4.79 Å². The number of nitrogens with one attached hydrogen (secondary N) is 1. The Labute approximate surface area is 216 Å². The fourth-order valence-electron chi connectivity index (χ4n) is 4.38. The third-order valence-corrected chi connectivity index (χ3v) is 6.76. The van der Waals surface area contributed by atoms with Gasteiger partial charge in [0.05, 0.1) is 7.11 Å². The minimum atomic E-state index is -0.188. The maximum atomic E-state index is 13.0. The van der Waals surface area contributed by atoms with Gasteiger partial charge in [0.2, 0.25) is 11.7 Å². The molecule has 1 aromatic heterocycles. The van der Waals surface area contributed by atoms with E-state index in [1.54, 1.807) is 14.0 Å². The molecule has 0 radical (unpaired) electrons. The van der Waals surface area contributed by atoms with Gasteiger partial charge in [-0.1, -0.05) is 35.5 Å². The highest BCUT2D eigenvalue weighted by atomic mass is 16.5. The molecule has 0 aliphatic carbocycles. The Morgan fingerprint density at radius 1 is 1.05 bits per heavy atom. The zero-order valence-corrected chi connectivity index (χ0v) is 21.4. The molecule has 4 aromatic rings. The molecule has 37 heavy (non-hydrogen) atoms. The Hall–Kier alpha value is -4.17. The molecule has 5 rings (SSSR count). The maximum absolute atomic E-state index is 13.0. The molecule has 1 N–H and O–H groups in total. The molecule has 3 aromatic carbocycles. The first-order valence-corrected chi connectivity index (χ1v) is 12.3. The molecule has 8 nitrogen and oxygen atoms in total. The molecule has 0 saturated carbocycles. The van der Waals surface area contributed by atoms with Crippen LogP contribution in [0.5, 0.6) is 11.5 Å². The number of amides is 1. The zero-order valence-electron chi connectivity index (χ0n) is 21.4. The van der Waals surface area contributed by atoms with Crippen molar-refractivity contribution in [3.05, 3.63) is 77.7 Å². The van der Waals surface area contributed by atoms with Crippen LogP contribution in [0.25, 0.3) is 22.5 Å². The van der Waals surface area contributed by atoms with Gasteiger partial charge < -0.3 is 19.3 Å². The summed E-state index contributed by atoms with van der Waals surface area (Å²) in [7, 11) is 3.70. The van der Waals surface area contributed by atoms with Crippen LogP contribution < -0.4 is 14.8 Å². The van der Waals surface area contributed by atoms with Crippen LogP contribution in [0.2, 0.25) is 0 Å². The molecular weight excluding hydrogens is 468 g/mol. The molecule has 1 unspecified atom stereocenters. The molecular formula is C29H30N4O4. The second-order valence-electron chi connectivity index (χ2n) is 9.30. The SMILES string of the molecule is COc1ccc(NC(=O)c2ccc(-c3ccc(-c4noc(C)n4)cc3)c(C)c2)cc1OCC1CCN1C. The highest BCUT2D eigenvalue weighted by Crippen LogP contribution is 2.32. The molecule has 0 bridgehead atoms. The molecule has 1 fully saturated rings. The number of benzene rings is 3. The van der Waals surface area contributed by atoms with E-state index in [1.807, 2.05) is 67.6 Å².